The van der Waals surface area contributed by atoms with E-state index in [0.717, 1.165) is 22.6 Å². The molecule has 1 aliphatic rings. The molecular formula is C25H20ClF3N4O4. The second-order valence-electron chi connectivity index (χ2n) is 8.16. The van der Waals surface area contributed by atoms with Gasteiger partial charge in [-0.1, -0.05) is 23.7 Å². The number of benzene rings is 2. The van der Waals surface area contributed by atoms with Crippen LogP contribution in [-0.4, -0.2) is 40.1 Å². The smallest absolute Gasteiger partial charge is 0.406 e. The van der Waals surface area contributed by atoms with Crippen molar-refractivity contribution >= 4 is 35.1 Å². The highest BCUT2D eigenvalue weighted by Crippen LogP contribution is 2.30. The van der Waals surface area contributed by atoms with Crippen LogP contribution in [0, 0.1) is 0 Å². The molecule has 0 bridgehead atoms. The average Bonchev–Trinajstić information content (AvgIpc) is 3.06. The Bertz CT molecular complexity index is 1320. The maximum atomic E-state index is 13.1. The number of halogens is 4. The lowest BCUT2D eigenvalue weighted by Gasteiger charge is -2.19. The number of urea groups is 1. The molecule has 2 aromatic carbocycles. The van der Waals surface area contributed by atoms with E-state index in [9.17, 15) is 27.6 Å². The van der Waals surface area contributed by atoms with Crippen molar-refractivity contribution in [2.24, 2.45) is 0 Å². The number of aromatic nitrogens is 1. The van der Waals surface area contributed by atoms with E-state index in [1.54, 1.807) is 37.3 Å². The fraction of sp³-hybridized carbons (Fsp3) is 0.200. The molecule has 8 nitrogen and oxygen atoms in total. The summed E-state index contributed by atoms with van der Waals surface area (Å²) < 4.78 is 41.1. The van der Waals surface area contributed by atoms with Crippen molar-refractivity contribution in [3.8, 4) is 5.75 Å². The molecule has 4 amide bonds. The van der Waals surface area contributed by atoms with Crippen molar-refractivity contribution in [1.82, 2.24) is 15.2 Å². The topological polar surface area (TPSA) is 91.8 Å². The van der Waals surface area contributed by atoms with Crippen molar-refractivity contribution < 1.29 is 32.3 Å². The summed E-state index contributed by atoms with van der Waals surface area (Å²) in [6, 6.07) is 13.1. The number of alkyl halides is 3. The molecule has 0 aliphatic carbocycles. The molecule has 1 saturated heterocycles. The Hall–Kier alpha value is -4.12. The molecular weight excluding hydrogens is 513 g/mol. The summed E-state index contributed by atoms with van der Waals surface area (Å²) in [5, 5.41) is 3.34. The maximum absolute atomic E-state index is 13.1. The number of nitrogens with one attached hydrogen (secondary N) is 1. The van der Waals surface area contributed by atoms with Crippen LogP contribution in [0.1, 0.15) is 28.5 Å². The van der Waals surface area contributed by atoms with Crippen LogP contribution in [0.4, 0.5) is 23.7 Å². The summed E-state index contributed by atoms with van der Waals surface area (Å²) in [6.07, 6.45) is -3.43. The fourth-order valence-electron chi connectivity index (χ4n) is 3.72. The van der Waals surface area contributed by atoms with Crippen molar-refractivity contribution in [1.29, 1.82) is 0 Å². The van der Waals surface area contributed by atoms with Gasteiger partial charge in [0.05, 0.1) is 5.69 Å². The number of carbonyl (C=O) groups excluding carboxylic acids is 3. The molecule has 1 aromatic heterocycles. The Balaban J connectivity index is 1.44. The van der Waals surface area contributed by atoms with Gasteiger partial charge in [0.1, 0.15) is 17.5 Å². The monoisotopic (exact) mass is 532 g/mol. The molecule has 1 atom stereocenters. The van der Waals surface area contributed by atoms with Crippen molar-refractivity contribution in [2.45, 2.75) is 32.4 Å². The van der Waals surface area contributed by atoms with E-state index in [0.29, 0.717) is 10.6 Å². The van der Waals surface area contributed by atoms with Crippen LogP contribution in [0.25, 0.3) is 0 Å². The van der Waals surface area contributed by atoms with Gasteiger partial charge in [0.2, 0.25) is 0 Å². The largest absolute Gasteiger partial charge is 0.573 e. The minimum Gasteiger partial charge on any atom is -0.406 e. The summed E-state index contributed by atoms with van der Waals surface area (Å²) >= 11 is 5.87. The van der Waals surface area contributed by atoms with E-state index < -0.39 is 36.0 Å². The molecule has 1 aliphatic heterocycles. The number of imide groups is 1. The zero-order valence-electron chi connectivity index (χ0n) is 19.3. The van der Waals surface area contributed by atoms with E-state index in [4.69, 9.17) is 11.6 Å². The number of nitrogens with zero attached hydrogens (tertiary/aromatic N) is 3. The second kappa shape index (κ2) is 10.5. The standard InChI is InChI=1S/C25H20ClF3N4O4/c1-15-23(35)33(19-6-8-20(9-7-19)37-25(27,28)29)24(36)32(15)14-17-10-11-30-21(12-17)22(34)31-13-16-2-4-18(26)5-3-16/h2-12,15H,13-14H2,1H3,(H,31,34). The number of rotatable bonds is 7. The van der Waals surface area contributed by atoms with Gasteiger partial charge < -0.3 is 15.0 Å². The summed E-state index contributed by atoms with van der Waals surface area (Å²) in [5.74, 6) is -1.43. The van der Waals surface area contributed by atoms with Crippen LogP contribution < -0.4 is 15.0 Å². The van der Waals surface area contributed by atoms with Gasteiger partial charge in [-0.2, -0.15) is 0 Å². The Morgan fingerprint density at radius 3 is 2.38 bits per heavy atom. The molecule has 0 radical (unpaired) electrons. The summed E-state index contributed by atoms with van der Waals surface area (Å²) in [4.78, 5) is 44.7. The highest BCUT2D eigenvalue weighted by Gasteiger charge is 2.43. The second-order valence-corrected chi connectivity index (χ2v) is 8.60. The first-order chi connectivity index (χ1) is 17.5. The van der Waals surface area contributed by atoms with Crippen molar-refractivity contribution in [3.63, 3.8) is 0 Å². The zero-order chi connectivity index (χ0) is 26.7. The summed E-state index contributed by atoms with van der Waals surface area (Å²) in [5.41, 5.74) is 1.66. The van der Waals surface area contributed by atoms with Gasteiger partial charge in [-0.3, -0.25) is 14.6 Å². The molecule has 1 fully saturated rings. The highest BCUT2D eigenvalue weighted by atomic mass is 35.5. The summed E-state index contributed by atoms with van der Waals surface area (Å²) in [7, 11) is 0. The number of hydrogen-bond acceptors (Lipinski definition) is 5. The molecule has 2 heterocycles. The Kier molecular flexibility index (Phi) is 7.35. The van der Waals surface area contributed by atoms with Crippen LogP contribution in [0.3, 0.4) is 0 Å². The van der Waals surface area contributed by atoms with Crippen molar-refractivity contribution in [2.75, 3.05) is 4.90 Å². The molecule has 1 N–H and O–H groups in total. The zero-order valence-corrected chi connectivity index (χ0v) is 20.1. The van der Waals surface area contributed by atoms with Gasteiger partial charge in [0.25, 0.3) is 11.8 Å². The molecule has 12 heteroatoms. The fourth-order valence-corrected chi connectivity index (χ4v) is 3.84. The lowest BCUT2D eigenvalue weighted by molar-refractivity contribution is -0.274. The molecule has 0 saturated carbocycles. The first kappa shape index (κ1) is 26.0. The van der Waals surface area contributed by atoms with E-state index in [2.05, 4.69) is 15.0 Å². The molecule has 4 rings (SSSR count). The Morgan fingerprint density at radius 1 is 1.05 bits per heavy atom. The number of carbonyl (C=O) groups is 3. The van der Waals surface area contributed by atoms with Crippen LogP contribution in [-0.2, 0) is 17.9 Å². The molecule has 37 heavy (non-hydrogen) atoms. The first-order valence-corrected chi connectivity index (χ1v) is 11.4. The third-order valence-electron chi connectivity index (χ3n) is 5.59. The number of anilines is 1. The van der Waals surface area contributed by atoms with Crippen LogP contribution in [0.5, 0.6) is 5.75 Å². The number of amides is 4. The van der Waals surface area contributed by atoms with Gasteiger partial charge in [0.15, 0.2) is 0 Å². The molecule has 1 unspecified atom stereocenters. The van der Waals surface area contributed by atoms with Crippen LogP contribution in [0.15, 0.2) is 66.9 Å². The predicted molar refractivity (Wildman–Crippen MR) is 128 cm³/mol. The van der Waals surface area contributed by atoms with Crippen LogP contribution >= 0.6 is 11.6 Å². The first-order valence-electron chi connectivity index (χ1n) is 11.0. The normalized spacial score (nSPS) is 15.8. The van der Waals surface area contributed by atoms with Gasteiger partial charge in [-0.05, 0) is 66.6 Å². The molecule has 192 valence electrons. The minimum atomic E-state index is -4.86. The van der Waals surface area contributed by atoms with E-state index >= 15 is 0 Å². The Labute approximate surface area is 214 Å². The van der Waals surface area contributed by atoms with Crippen molar-refractivity contribution in [3.05, 3.63) is 88.7 Å². The number of hydrogen-bond donors (Lipinski definition) is 1. The molecule has 3 aromatic rings. The van der Waals surface area contributed by atoms with Gasteiger partial charge >= 0.3 is 12.4 Å². The highest BCUT2D eigenvalue weighted by molar-refractivity contribution is 6.30. The lowest BCUT2D eigenvalue weighted by Crippen LogP contribution is -2.33. The van der Waals surface area contributed by atoms with Crippen LogP contribution in [0.2, 0.25) is 5.02 Å². The molecule has 0 spiro atoms. The number of pyridine rings is 1. The van der Waals surface area contributed by atoms with E-state index in [-0.39, 0.29) is 24.5 Å². The quantitative estimate of drug-likeness (QED) is 0.436. The summed E-state index contributed by atoms with van der Waals surface area (Å²) in [6.45, 7) is 1.82. The average molecular weight is 533 g/mol. The van der Waals surface area contributed by atoms with Gasteiger partial charge in [-0.25, -0.2) is 9.69 Å². The van der Waals surface area contributed by atoms with E-state index in [1.807, 2.05) is 0 Å². The third-order valence-corrected chi connectivity index (χ3v) is 5.84. The van der Waals surface area contributed by atoms with Gasteiger partial charge in [-0.15, -0.1) is 13.2 Å². The SMILES string of the molecule is CC1C(=O)N(c2ccc(OC(F)(F)F)cc2)C(=O)N1Cc1ccnc(C(=O)NCc2ccc(Cl)cc2)c1. The Morgan fingerprint density at radius 2 is 1.73 bits per heavy atom. The minimum absolute atomic E-state index is 0.0114. The third kappa shape index (κ3) is 6.18. The number of ether oxygens (including phenoxy) is 1. The lowest BCUT2D eigenvalue weighted by atomic mass is 10.2. The predicted octanol–water partition coefficient (Wildman–Crippen LogP) is 4.92. The van der Waals surface area contributed by atoms with Gasteiger partial charge in [0, 0.05) is 24.3 Å². The van der Waals surface area contributed by atoms with E-state index in [1.165, 1.54) is 29.3 Å². The maximum Gasteiger partial charge on any atom is 0.573 e.